The Morgan fingerprint density at radius 2 is 1.77 bits per heavy atom. The molecule has 0 saturated carbocycles. The minimum atomic E-state index is -1.64. The van der Waals surface area contributed by atoms with E-state index in [0.717, 1.165) is 18.4 Å². The lowest BCUT2D eigenvalue weighted by Gasteiger charge is -2.35. The van der Waals surface area contributed by atoms with Crippen LogP contribution in [0.3, 0.4) is 0 Å². The van der Waals surface area contributed by atoms with Gasteiger partial charge in [0.1, 0.15) is 11.8 Å². The van der Waals surface area contributed by atoms with Crippen molar-refractivity contribution in [1.82, 2.24) is 10.2 Å². The van der Waals surface area contributed by atoms with Gasteiger partial charge in [-0.05, 0) is 44.1 Å². The average Bonchev–Trinajstić information content (AvgIpc) is 3.16. The van der Waals surface area contributed by atoms with Gasteiger partial charge < -0.3 is 10.1 Å². The van der Waals surface area contributed by atoms with E-state index >= 15 is 0 Å². The third-order valence-electron chi connectivity index (χ3n) is 7.11. The summed E-state index contributed by atoms with van der Waals surface area (Å²) in [6.45, 7) is 9.77. The SMILES string of the molecule is CCCC(F)OC(=O)[C@H]1C[C@@H](C(=O)CC)[C@@H](CC(CCC)C(C)NC(C)=O)N1Cc1ccccc1. The Labute approximate surface area is 210 Å². The molecule has 1 aliphatic rings. The summed E-state index contributed by atoms with van der Waals surface area (Å²) < 4.78 is 19.4. The van der Waals surface area contributed by atoms with Gasteiger partial charge in [0.2, 0.25) is 12.3 Å². The maximum atomic E-state index is 14.2. The van der Waals surface area contributed by atoms with Crippen LogP contribution in [0.4, 0.5) is 4.39 Å². The van der Waals surface area contributed by atoms with Gasteiger partial charge >= 0.3 is 5.97 Å². The first-order chi connectivity index (χ1) is 16.7. The maximum Gasteiger partial charge on any atom is 0.325 e. The summed E-state index contributed by atoms with van der Waals surface area (Å²) >= 11 is 0. The van der Waals surface area contributed by atoms with Gasteiger partial charge in [-0.1, -0.05) is 57.5 Å². The predicted molar refractivity (Wildman–Crippen MR) is 135 cm³/mol. The van der Waals surface area contributed by atoms with Crippen LogP contribution in [0.15, 0.2) is 30.3 Å². The fourth-order valence-corrected chi connectivity index (χ4v) is 5.34. The quantitative estimate of drug-likeness (QED) is 0.363. The molecule has 0 aromatic heterocycles. The summed E-state index contributed by atoms with van der Waals surface area (Å²) in [6.07, 6.45) is 2.30. The Morgan fingerprint density at radius 3 is 2.34 bits per heavy atom. The zero-order valence-electron chi connectivity index (χ0n) is 22.0. The zero-order chi connectivity index (χ0) is 26.0. The van der Waals surface area contributed by atoms with Crippen LogP contribution in [0.2, 0.25) is 0 Å². The molecule has 196 valence electrons. The number of likely N-dealkylation sites (tertiary alicyclic amines) is 1. The minimum Gasteiger partial charge on any atom is -0.430 e. The third-order valence-corrected chi connectivity index (χ3v) is 7.11. The van der Waals surface area contributed by atoms with Crippen LogP contribution in [0, 0.1) is 11.8 Å². The number of ether oxygens (including phenoxy) is 1. The van der Waals surface area contributed by atoms with Crippen molar-refractivity contribution in [2.45, 2.75) is 111 Å². The Kier molecular flexibility index (Phi) is 11.8. The van der Waals surface area contributed by atoms with Crippen molar-refractivity contribution < 1.29 is 23.5 Å². The Morgan fingerprint density at radius 1 is 1.11 bits per heavy atom. The predicted octanol–water partition coefficient (Wildman–Crippen LogP) is 5.19. The minimum absolute atomic E-state index is 0.0609. The van der Waals surface area contributed by atoms with Gasteiger partial charge in [0.25, 0.3) is 0 Å². The lowest BCUT2D eigenvalue weighted by atomic mass is 9.82. The molecule has 1 aliphatic heterocycles. The second kappa shape index (κ2) is 14.3. The number of hydrogen-bond donors (Lipinski definition) is 1. The summed E-state index contributed by atoms with van der Waals surface area (Å²) in [7, 11) is 0. The molecule has 1 N–H and O–H groups in total. The molecule has 1 saturated heterocycles. The van der Waals surface area contributed by atoms with Crippen LogP contribution < -0.4 is 5.32 Å². The third kappa shape index (κ3) is 8.41. The van der Waals surface area contributed by atoms with E-state index in [1.54, 1.807) is 0 Å². The molecule has 0 aliphatic carbocycles. The molecule has 6 nitrogen and oxygen atoms in total. The first kappa shape index (κ1) is 29.0. The van der Waals surface area contributed by atoms with Crippen molar-refractivity contribution in [2.75, 3.05) is 0 Å². The summed E-state index contributed by atoms with van der Waals surface area (Å²) in [6, 6.07) is 8.87. The molecule has 2 rings (SSSR count). The molecule has 35 heavy (non-hydrogen) atoms. The number of nitrogens with zero attached hydrogens (tertiary/aromatic N) is 1. The van der Waals surface area contributed by atoms with Crippen molar-refractivity contribution in [3.05, 3.63) is 35.9 Å². The van der Waals surface area contributed by atoms with Gasteiger partial charge in [-0.3, -0.25) is 19.3 Å². The van der Waals surface area contributed by atoms with Gasteiger partial charge in [0.15, 0.2) is 0 Å². The van der Waals surface area contributed by atoms with Crippen molar-refractivity contribution in [3.8, 4) is 0 Å². The number of carbonyl (C=O) groups excluding carboxylic acids is 3. The Hall–Kier alpha value is -2.28. The number of nitrogens with one attached hydrogen (secondary N) is 1. The van der Waals surface area contributed by atoms with Crippen LogP contribution >= 0.6 is 0 Å². The molecule has 1 aromatic rings. The van der Waals surface area contributed by atoms with E-state index in [1.165, 1.54) is 6.92 Å². The number of halogens is 1. The van der Waals surface area contributed by atoms with Gasteiger partial charge in [-0.25, -0.2) is 4.39 Å². The largest absolute Gasteiger partial charge is 0.430 e. The lowest BCUT2D eigenvalue weighted by Crippen LogP contribution is -2.46. The fraction of sp³-hybridized carbons (Fsp3) is 0.679. The molecule has 0 spiro atoms. The molecular formula is C28H43FN2O4. The van der Waals surface area contributed by atoms with E-state index in [2.05, 4.69) is 17.1 Å². The number of amides is 1. The van der Waals surface area contributed by atoms with E-state index < -0.39 is 18.4 Å². The number of carbonyl (C=O) groups is 3. The second-order valence-corrected chi connectivity index (χ2v) is 9.81. The first-order valence-electron chi connectivity index (χ1n) is 13.2. The number of esters is 1. The fourth-order valence-electron chi connectivity index (χ4n) is 5.34. The van der Waals surface area contributed by atoms with Crippen LogP contribution in [0.5, 0.6) is 0 Å². The lowest BCUT2D eigenvalue weighted by molar-refractivity contribution is -0.164. The monoisotopic (exact) mass is 490 g/mol. The molecular weight excluding hydrogens is 447 g/mol. The molecule has 1 amide bonds. The van der Waals surface area contributed by atoms with Crippen molar-refractivity contribution in [1.29, 1.82) is 0 Å². The van der Waals surface area contributed by atoms with Gasteiger partial charge in [0, 0.05) is 44.3 Å². The van der Waals surface area contributed by atoms with Crippen LogP contribution in [-0.4, -0.2) is 47.0 Å². The number of hydrogen-bond acceptors (Lipinski definition) is 5. The van der Waals surface area contributed by atoms with Crippen molar-refractivity contribution >= 4 is 17.7 Å². The van der Waals surface area contributed by atoms with Gasteiger partial charge in [-0.2, -0.15) is 0 Å². The number of rotatable bonds is 14. The molecule has 1 aromatic carbocycles. The highest BCUT2D eigenvalue weighted by molar-refractivity contribution is 5.84. The van der Waals surface area contributed by atoms with Gasteiger partial charge in [0.05, 0.1) is 0 Å². The molecule has 0 bridgehead atoms. The maximum absolute atomic E-state index is 14.2. The number of Topliss-reactive ketones (excluding diaryl/α,β-unsaturated/α-hetero) is 1. The van der Waals surface area contributed by atoms with E-state index in [1.807, 2.05) is 51.1 Å². The second-order valence-electron chi connectivity index (χ2n) is 9.81. The Balaban J connectivity index is 2.41. The molecule has 1 fully saturated rings. The highest BCUT2D eigenvalue weighted by atomic mass is 19.1. The normalized spacial score (nSPS) is 22.9. The summed E-state index contributed by atoms with van der Waals surface area (Å²) in [5, 5.41) is 3.01. The first-order valence-corrected chi connectivity index (χ1v) is 13.2. The highest BCUT2D eigenvalue weighted by Crippen LogP contribution is 2.38. The number of alkyl halides is 1. The standard InChI is InChI=1S/C28H43FN2O4/c1-6-12-22(19(4)30-20(5)32)16-24-23(26(33)8-3)17-25(28(34)35-27(29)13-7-2)31(24)18-21-14-10-9-11-15-21/h9-11,14-15,19,22-25,27H,6-8,12-13,16-18H2,1-5H3,(H,30,32)/t19?,22?,23-,24-,25-,27?/m1/s1. The highest BCUT2D eigenvalue weighted by Gasteiger charge is 2.48. The van der Waals surface area contributed by atoms with Crippen LogP contribution in [-0.2, 0) is 25.7 Å². The smallest absolute Gasteiger partial charge is 0.325 e. The van der Waals surface area contributed by atoms with Crippen LogP contribution in [0.1, 0.15) is 85.1 Å². The summed E-state index contributed by atoms with van der Waals surface area (Å²) in [5.74, 6) is -0.771. The van der Waals surface area contributed by atoms with Gasteiger partial charge in [-0.15, -0.1) is 0 Å². The average molecular weight is 491 g/mol. The van der Waals surface area contributed by atoms with E-state index in [0.29, 0.717) is 32.2 Å². The van der Waals surface area contributed by atoms with E-state index in [-0.39, 0.29) is 42.0 Å². The summed E-state index contributed by atoms with van der Waals surface area (Å²) in [4.78, 5) is 40.0. The topological polar surface area (TPSA) is 75.7 Å². The number of benzene rings is 1. The van der Waals surface area contributed by atoms with E-state index in [9.17, 15) is 18.8 Å². The van der Waals surface area contributed by atoms with Crippen LogP contribution in [0.25, 0.3) is 0 Å². The van der Waals surface area contributed by atoms with E-state index in [4.69, 9.17) is 4.74 Å². The number of ketones is 1. The molecule has 0 radical (unpaired) electrons. The van der Waals surface area contributed by atoms with Crippen molar-refractivity contribution in [2.24, 2.45) is 11.8 Å². The Bertz CT molecular complexity index is 818. The van der Waals surface area contributed by atoms with Crippen molar-refractivity contribution in [3.63, 3.8) is 0 Å². The molecule has 1 heterocycles. The molecule has 3 unspecified atom stereocenters. The summed E-state index contributed by atoms with van der Waals surface area (Å²) in [5.41, 5.74) is 1.02. The molecule has 6 atom stereocenters. The molecule has 7 heteroatoms. The zero-order valence-corrected chi connectivity index (χ0v) is 22.0.